The molecular formula is C15H20N2O7S. The molecule has 0 aliphatic carbocycles. The van der Waals surface area contributed by atoms with Gasteiger partial charge in [-0.15, -0.1) is 0 Å². The zero-order valence-electron chi connectivity index (χ0n) is 14.0. The number of benzene rings is 1. The van der Waals surface area contributed by atoms with E-state index in [4.69, 9.17) is 0 Å². The Bertz CT molecular complexity index is 759. The van der Waals surface area contributed by atoms with Crippen molar-refractivity contribution in [1.82, 2.24) is 10.0 Å². The van der Waals surface area contributed by atoms with Gasteiger partial charge in [0.1, 0.15) is 10.9 Å². The van der Waals surface area contributed by atoms with Crippen molar-refractivity contribution < 1.29 is 32.6 Å². The van der Waals surface area contributed by atoms with Gasteiger partial charge in [-0.25, -0.2) is 22.7 Å². The average Bonchev–Trinajstić information content (AvgIpc) is 2.53. The summed E-state index contributed by atoms with van der Waals surface area (Å²) in [5.74, 6) is -2.10. The number of carboxylic acid groups (broad SMARTS) is 1. The van der Waals surface area contributed by atoms with Crippen molar-refractivity contribution in [2.45, 2.75) is 31.2 Å². The molecule has 1 aromatic carbocycles. The maximum absolute atomic E-state index is 12.4. The number of carbonyl (C=O) groups excluding carboxylic acids is 2. The topological polar surface area (TPSA) is 139 Å². The molecule has 0 unspecified atom stereocenters. The Kier molecular flexibility index (Phi) is 6.92. The van der Waals surface area contributed by atoms with Gasteiger partial charge in [-0.05, 0) is 24.5 Å². The van der Waals surface area contributed by atoms with Gasteiger partial charge >= 0.3 is 12.1 Å². The van der Waals surface area contributed by atoms with Crippen molar-refractivity contribution >= 4 is 28.0 Å². The second-order valence-corrected chi connectivity index (χ2v) is 7.24. The molecule has 3 N–H and O–H groups in total. The molecule has 2 amide bonds. The van der Waals surface area contributed by atoms with E-state index in [2.05, 4.69) is 10.1 Å². The number of methoxy groups -OCH3 is 1. The maximum atomic E-state index is 12.4. The minimum Gasteiger partial charge on any atom is -0.480 e. The molecule has 0 fully saturated rings. The van der Waals surface area contributed by atoms with E-state index in [0.717, 1.165) is 13.2 Å². The zero-order chi connectivity index (χ0) is 19.2. The molecule has 0 heterocycles. The largest absolute Gasteiger partial charge is 0.480 e. The highest BCUT2D eigenvalue weighted by Gasteiger charge is 2.27. The molecule has 0 aliphatic heterocycles. The van der Waals surface area contributed by atoms with E-state index < -0.39 is 38.9 Å². The average molecular weight is 372 g/mol. The summed E-state index contributed by atoms with van der Waals surface area (Å²) < 4.78 is 30.3. The molecule has 1 aromatic rings. The van der Waals surface area contributed by atoms with Gasteiger partial charge in [-0.1, -0.05) is 26.0 Å². The Morgan fingerprint density at radius 3 is 2.32 bits per heavy atom. The summed E-state index contributed by atoms with van der Waals surface area (Å²) in [6, 6.07) is 3.96. The number of sulfonamides is 1. The molecular weight excluding hydrogens is 352 g/mol. The number of ether oxygens (including phenoxy) is 1. The molecule has 25 heavy (non-hydrogen) atoms. The SMILES string of the molecule is COC(=O)NS(=O)(=O)c1ccccc1C(=O)N[C@@H](CC(C)C)C(=O)O. The zero-order valence-corrected chi connectivity index (χ0v) is 14.8. The summed E-state index contributed by atoms with van der Waals surface area (Å²) in [6.07, 6.45) is -1.03. The Labute approximate surface area is 145 Å². The molecule has 1 rings (SSSR count). The van der Waals surface area contributed by atoms with Crippen LogP contribution in [0, 0.1) is 5.92 Å². The summed E-state index contributed by atoms with van der Waals surface area (Å²) in [7, 11) is -3.37. The van der Waals surface area contributed by atoms with Crippen LogP contribution in [0.1, 0.15) is 30.6 Å². The second-order valence-electron chi connectivity index (χ2n) is 5.59. The van der Waals surface area contributed by atoms with Gasteiger partial charge in [0, 0.05) is 0 Å². The second kappa shape index (κ2) is 8.47. The Balaban J connectivity index is 3.16. The fraction of sp³-hybridized carbons (Fsp3) is 0.400. The van der Waals surface area contributed by atoms with Crippen LogP contribution < -0.4 is 10.0 Å². The summed E-state index contributed by atoms with van der Waals surface area (Å²) in [5, 5.41) is 11.5. The van der Waals surface area contributed by atoms with E-state index in [1.165, 1.54) is 18.2 Å². The fourth-order valence-electron chi connectivity index (χ4n) is 2.02. The molecule has 0 bridgehead atoms. The van der Waals surface area contributed by atoms with Crippen LogP contribution in [-0.2, 0) is 19.6 Å². The van der Waals surface area contributed by atoms with Gasteiger partial charge < -0.3 is 15.2 Å². The van der Waals surface area contributed by atoms with E-state index >= 15 is 0 Å². The molecule has 0 saturated heterocycles. The molecule has 0 aromatic heterocycles. The Morgan fingerprint density at radius 1 is 1.20 bits per heavy atom. The van der Waals surface area contributed by atoms with Crippen LogP contribution in [0.2, 0.25) is 0 Å². The lowest BCUT2D eigenvalue weighted by Gasteiger charge is -2.17. The highest BCUT2D eigenvalue weighted by Crippen LogP contribution is 2.16. The van der Waals surface area contributed by atoms with Crippen molar-refractivity contribution in [3.8, 4) is 0 Å². The quantitative estimate of drug-likeness (QED) is 0.648. The maximum Gasteiger partial charge on any atom is 0.420 e. The highest BCUT2D eigenvalue weighted by molar-refractivity contribution is 7.90. The van der Waals surface area contributed by atoms with Crippen LogP contribution in [0.4, 0.5) is 4.79 Å². The number of hydrogen-bond donors (Lipinski definition) is 3. The minimum absolute atomic E-state index is 0.00127. The monoisotopic (exact) mass is 372 g/mol. The summed E-state index contributed by atoms with van der Waals surface area (Å²) in [6.45, 7) is 3.58. The molecule has 9 nitrogen and oxygen atoms in total. The Hall–Kier alpha value is -2.62. The molecule has 0 spiro atoms. The van der Waals surface area contributed by atoms with Gasteiger partial charge in [0.15, 0.2) is 0 Å². The first-order valence-corrected chi connectivity index (χ1v) is 8.80. The fourth-order valence-corrected chi connectivity index (χ4v) is 3.14. The predicted molar refractivity (Wildman–Crippen MR) is 87.5 cm³/mol. The van der Waals surface area contributed by atoms with Gasteiger partial charge in [0.2, 0.25) is 0 Å². The molecule has 1 atom stereocenters. The molecule has 0 radical (unpaired) electrons. The highest BCUT2D eigenvalue weighted by atomic mass is 32.2. The van der Waals surface area contributed by atoms with E-state index in [-0.39, 0.29) is 17.9 Å². The third kappa shape index (κ3) is 5.75. The normalized spacial score (nSPS) is 12.3. The van der Waals surface area contributed by atoms with Gasteiger partial charge in [-0.2, -0.15) is 0 Å². The van der Waals surface area contributed by atoms with E-state index in [0.29, 0.717) is 0 Å². The lowest BCUT2D eigenvalue weighted by atomic mass is 10.0. The lowest BCUT2D eigenvalue weighted by Crippen LogP contribution is -2.42. The Morgan fingerprint density at radius 2 is 1.80 bits per heavy atom. The van der Waals surface area contributed by atoms with Gasteiger partial charge in [0.05, 0.1) is 12.7 Å². The summed E-state index contributed by atoms with van der Waals surface area (Å²) in [4.78, 5) is 34.4. The number of aliphatic carboxylic acids is 1. The number of hydrogen-bond acceptors (Lipinski definition) is 6. The van der Waals surface area contributed by atoms with Crippen LogP contribution in [0.3, 0.4) is 0 Å². The molecule has 0 aliphatic rings. The lowest BCUT2D eigenvalue weighted by molar-refractivity contribution is -0.139. The first kappa shape index (κ1) is 20.4. The van der Waals surface area contributed by atoms with Crippen molar-refractivity contribution in [3.05, 3.63) is 29.8 Å². The minimum atomic E-state index is -4.36. The van der Waals surface area contributed by atoms with Crippen LogP contribution >= 0.6 is 0 Å². The van der Waals surface area contributed by atoms with E-state index in [1.54, 1.807) is 18.6 Å². The number of rotatable bonds is 7. The molecule has 10 heteroatoms. The summed E-state index contributed by atoms with van der Waals surface area (Å²) >= 11 is 0. The van der Waals surface area contributed by atoms with Crippen LogP contribution in [-0.4, -0.2) is 44.6 Å². The van der Waals surface area contributed by atoms with Crippen LogP contribution in [0.5, 0.6) is 0 Å². The predicted octanol–water partition coefficient (Wildman–Crippen LogP) is 0.960. The number of amides is 2. The van der Waals surface area contributed by atoms with Gasteiger partial charge in [-0.3, -0.25) is 4.79 Å². The smallest absolute Gasteiger partial charge is 0.420 e. The van der Waals surface area contributed by atoms with Crippen molar-refractivity contribution in [2.75, 3.05) is 7.11 Å². The molecule has 138 valence electrons. The number of carboxylic acids is 1. The molecule has 0 saturated carbocycles. The third-order valence-electron chi connectivity index (χ3n) is 3.13. The van der Waals surface area contributed by atoms with E-state index in [1.807, 2.05) is 0 Å². The van der Waals surface area contributed by atoms with Crippen molar-refractivity contribution in [3.63, 3.8) is 0 Å². The van der Waals surface area contributed by atoms with Crippen molar-refractivity contribution in [2.24, 2.45) is 5.92 Å². The van der Waals surface area contributed by atoms with Crippen molar-refractivity contribution in [1.29, 1.82) is 0 Å². The first-order valence-electron chi connectivity index (χ1n) is 7.32. The van der Waals surface area contributed by atoms with Crippen LogP contribution in [0.25, 0.3) is 0 Å². The third-order valence-corrected chi connectivity index (χ3v) is 4.51. The standard InChI is InChI=1S/C15H20N2O7S/c1-9(2)8-11(14(19)20)16-13(18)10-6-4-5-7-12(10)25(22,23)17-15(21)24-3/h4-7,9,11H,8H2,1-3H3,(H,16,18)(H,17,21)(H,19,20)/t11-/m0/s1. The number of nitrogens with one attached hydrogen (secondary N) is 2. The first-order chi connectivity index (χ1) is 11.6. The van der Waals surface area contributed by atoms with Crippen LogP contribution in [0.15, 0.2) is 29.2 Å². The van der Waals surface area contributed by atoms with Gasteiger partial charge in [0.25, 0.3) is 15.9 Å². The summed E-state index contributed by atoms with van der Waals surface area (Å²) in [5.41, 5.74) is -0.283. The number of carbonyl (C=O) groups is 3. The van der Waals surface area contributed by atoms with E-state index in [9.17, 15) is 27.9 Å².